The summed E-state index contributed by atoms with van der Waals surface area (Å²) in [6, 6.07) is 16.2. The molecule has 9 heteroatoms. The van der Waals surface area contributed by atoms with Gasteiger partial charge in [-0.15, -0.1) is 0 Å². The summed E-state index contributed by atoms with van der Waals surface area (Å²) in [6.07, 6.45) is 1.51. The van der Waals surface area contributed by atoms with E-state index in [9.17, 15) is 4.79 Å². The molecular weight excluding hydrogens is 470 g/mol. The third kappa shape index (κ3) is 6.06. The molecule has 0 saturated carbocycles. The van der Waals surface area contributed by atoms with Crippen molar-refractivity contribution < 1.29 is 18.7 Å². The number of oxazole rings is 1. The summed E-state index contributed by atoms with van der Waals surface area (Å²) < 4.78 is 16.6. The van der Waals surface area contributed by atoms with Gasteiger partial charge in [0.2, 0.25) is 5.89 Å². The van der Waals surface area contributed by atoms with Crippen LogP contribution in [0.15, 0.2) is 59.2 Å². The van der Waals surface area contributed by atoms with Gasteiger partial charge in [-0.3, -0.25) is 14.6 Å². The van der Waals surface area contributed by atoms with Crippen molar-refractivity contribution in [3.05, 3.63) is 71.9 Å². The summed E-state index contributed by atoms with van der Waals surface area (Å²) in [6.45, 7) is 8.05. The first-order valence-corrected chi connectivity index (χ1v) is 12.8. The Morgan fingerprint density at radius 3 is 2.24 bits per heavy atom. The Labute approximate surface area is 218 Å². The van der Waals surface area contributed by atoms with Gasteiger partial charge in [0.1, 0.15) is 17.8 Å². The van der Waals surface area contributed by atoms with Crippen LogP contribution in [0.4, 0.5) is 5.69 Å². The highest BCUT2D eigenvalue weighted by atomic mass is 16.5. The van der Waals surface area contributed by atoms with Gasteiger partial charge in [0.25, 0.3) is 5.91 Å². The fourth-order valence-corrected chi connectivity index (χ4v) is 4.99. The number of benzene rings is 2. The second-order valence-electron chi connectivity index (χ2n) is 9.47. The maximum absolute atomic E-state index is 13.0. The van der Waals surface area contributed by atoms with E-state index in [1.165, 1.54) is 12.0 Å². The molecule has 3 aromatic rings. The first kappa shape index (κ1) is 25.1. The van der Waals surface area contributed by atoms with Crippen LogP contribution in [-0.4, -0.2) is 92.2 Å². The van der Waals surface area contributed by atoms with Crippen molar-refractivity contribution in [2.75, 3.05) is 71.5 Å². The number of para-hydroxylation sites is 1. The number of aromatic nitrogens is 1. The Morgan fingerprint density at radius 2 is 1.57 bits per heavy atom. The zero-order valence-electron chi connectivity index (χ0n) is 21.6. The van der Waals surface area contributed by atoms with E-state index in [0.717, 1.165) is 62.9 Å². The highest BCUT2D eigenvalue weighted by Gasteiger charge is 2.26. The summed E-state index contributed by atoms with van der Waals surface area (Å²) >= 11 is 0. The van der Waals surface area contributed by atoms with Gasteiger partial charge in [0.15, 0.2) is 5.69 Å². The van der Waals surface area contributed by atoms with Gasteiger partial charge in [-0.1, -0.05) is 18.2 Å². The van der Waals surface area contributed by atoms with Crippen molar-refractivity contribution in [1.82, 2.24) is 19.7 Å². The van der Waals surface area contributed by atoms with Crippen LogP contribution in [0.2, 0.25) is 0 Å². The molecule has 2 aromatic carbocycles. The van der Waals surface area contributed by atoms with E-state index in [1.807, 2.05) is 41.3 Å². The van der Waals surface area contributed by atoms with Crippen molar-refractivity contribution in [2.24, 2.45) is 0 Å². The number of nitrogens with zero attached hydrogens (tertiary/aromatic N) is 5. The van der Waals surface area contributed by atoms with Crippen molar-refractivity contribution >= 4 is 11.6 Å². The first-order valence-electron chi connectivity index (χ1n) is 12.8. The maximum Gasteiger partial charge on any atom is 0.275 e. The molecular formula is C28H35N5O4. The summed E-state index contributed by atoms with van der Waals surface area (Å²) in [5, 5.41) is 0. The van der Waals surface area contributed by atoms with Crippen molar-refractivity contribution in [3.63, 3.8) is 0 Å². The van der Waals surface area contributed by atoms with Gasteiger partial charge in [-0.2, -0.15) is 0 Å². The minimum atomic E-state index is -0.0558. The number of hydrogen-bond donors (Lipinski definition) is 0. The number of carbonyl (C=O) groups excluding carboxylic acids is 1. The second-order valence-corrected chi connectivity index (χ2v) is 9.47. The third-order valence-electron chi connectivity index (χ3n) is 7.16. The maximum atomic E-state index is 13.0. The van der Waals surface area contributed by atoms with Crippen LogP contribution in [0.3, 0.4) is 0 Å². The smallest absolute Gasteiger partial charge is 0.275 e. The Morgan fingerprint density at radius 1 is 0.865 bits per heavy atom. The number of carbonyl (C=O) groups is 1. The van der Waals surface area contributed by atoms with Crippen molar-refractivity contribution in [3.8, 4) is 11.5 Å². The lowest BCUT2D eigenvalue weighted by Crippen LogP contribution is -2.48. The van der Waals surface area contributed by atoms with Gasteiger partial charge < -0.3 is 23.7 Å². The molecule has 0 bridgehead atoms. The molecule has 1 amide bonds. The number of anilines is 1. The van der Waals surface area contributed by atoms with Crippen LogP contribution in [0.5, 0.6) is 11.5 Å². The molecule has 1 aromatic heterocycles. The molecule has 9 nitrogen and oxygen atoms in total. The molecule has 0 spiro atoms. The van der Waals surface area contributed by atoms with Crippen LogP contribution in [0.25, 0.3) is 0 Å². The Balaban J connectivity index is 1.09. The zero-order chi connectivity index (χ0) is 25.6. The fraction of sp³-hybridized carbons (Fsp3) is 0.429. The lowest BCUT2D eigenvalue weighted by atomic mass is 10.1. The Bertz CT molecular complexity index is 1170. The molecule has 196 valence electrons. The molecule has 0 unspecified atom stereocenters. The van der Waals surface area contributed by atoms with Crippen LogP contribution < -0.4 is 14.4 Å². The van der Waals surface area contributed by atoms with E-state index in [2.05, 4.69) is 31.8 Å². The van der Waals surface area contributed by atoms with Crippen LogP contribution in [0, 0.1) is 0 Å². The van der Waals surface area contributed by atoms with Crippen molar-refractivity contribution in [1.29, 1.82) is 0 Å². The first-order chi connectivity index (χ1) is 18.1. The highest BCUT2D eigenvalue weighted by molar-refractivity contribution is 5.92. The van der Waals surface area contributed by atoms with Crippen LogP contribution in [-0.2, 0) is 13.1 Å². The predicted molar refractivity (Wildman–Crippen MR) is 141 cm³/mol. The van der Waals surface area contributed by atoms with Gasteiger partial charge >= 0.3 is 0 Å². The number of methoxy groups -OCH3 is 2. The monoisotopic (exact) mass is 505 g/mol. The Hall–Kier alpha value is -3.56. The fourth-order valence-electron chi connectivity index (χ4n) is 4.99. The van der Waals surface area contributed by atoms with Gasteiger partial charge in [0, 0.05) is 70.2 Å². The quantitative estimate of drug-likeness (QED) is 0.463. The molecule has 37 heavy (non-hydrogen) atoms. The van der Waals surface area contributed by atoms with Crippen LogP contribution >= 0.6 is 0 Å². The lowest BCUT2D eigenvalue weighted by Gasteiger charge is -2.35. The zero-order valence-corrected chi connectivity index (χ0v) is 21.6. The lowest BCUT2D eigenvalue weighted by molar-refractivity contribution is 0.0740. The van der Waals surface area contributed by atoms with E-state index in [4.69, 9.17) is 13.9 Å². The summed E-state index contributed by atoms with van der Waals surface area (Å²) in [4.78, 5) is 26.4. The van der Waals surface area contributed by atoms with E-state index in [0.29, 0.717) is 31.2 Å². The topological polar surface area (TPSA) is 74.5 Å². The molecule has 0 atom stereocenters. The van der Waals surface area contributed by atoms with Gasteiger partial charge in [-0.25, -0.2) is 4.98 Å². The number of piperazine rings is 2. The Kier molecular flexibility index (Phi) is 7.91. The average molecular weight is 506 g/mol. The van der Waals surface area contributed by atoms with E-state index >= 15 is 0 Å². The van der Waals surface area contributed by atoms with Gasteiger partial charge in [0.05, 0.1) is 20.8 Å². The van der Waals surface area contributed by atoms with E-state index < -0.39 is 0 Å². The van der Waals surface area contributed by atoms with Crippen molar-refractivity contribution in [2.45, 2.75) is 13.1 Å². The molecule has 0 aliphatic carbocycles. The number of amides is 1. The summed E-state index contributed by atoms with van der Waals surface area (Å²) in [5.41, 5.74) is 2.71. The molecule has 2 aliphatic rings. The van der Waals surface area contributed by atoms with E-state index in [-0.39, 0.29) is 5.91 Å². The second kappa shape index (κ2) is 11.7. The standard InChI is InChI=1S/C28H35N5O4/c1-35-24-8-9-26(36-2)22(18-24)19-30-10-12-31(13-11-30)20-27-29-25(21-37-27)28(34)33-16-14-32(15-17-33)23-6-4-3-5-7-23/h3-9,18,21H,10-17,19-20H2,1-2H3. The molecule has 0 N–H and O–H groups in total. The number of rotatable bonds is 8. The molecule has 2 fully saturated rings. The molecule has 3 heterocycles. The summed E-state index contributed by atoms with van der Waals surface area (Å²) in [5.74, 6) is 2.25. The minimum Gasteiger partial charge on any atom is -0.497 e. The third-order valence-corrected chi connectivity index (χ3v) is 7.16. The molecule has 2 aliphatic heterocycles. The van der Waals surface area contributed by atoms with Crippen LogP contribution in [0.1, 0.15) is 21.9 Å². The average Bonchev–Trinajstić information content (AvgIpc) is 3.42. The van der Waals surface area contributed by atoms with E-state index in [1.54, 1.807) is 14.2 Å². The molecule has 2 saturated heterocycles. The van der Waals surface area contributed by atoms with Gasteiger partial charge in [-0.05, 0) is 30.3 Å². The number of ether oxygens (including phenoxy) is 2. The largest absolute Gasteiger partial charge is 0.497 e. The summed E-state index contributed by atoms with van der Waals surface area (Å²) in [7, 11) is 3.38. The minimum absolute atomic E-state index is 0.0558. The predicted octanol–water partition coefficient (Wildman–Crippen LogP) is 2.97. The highest BCUT2D eigenvalue weighted by Crippen LogP contribution is 2.26. The normalized spacial score (nSPS) is 17.1. The molecule has 5 rings (SSSR count). The molecule has 0 radical (unpaired) electrons. The SMILES string of the molecule is COc1ccc(OC)c(CN2CCN(Cc3nc(C(=O)N4CCN(c5ccccc5)CC4)co3)CC2)c1. The number of hydrogen-bond acceptors (Lipinski definition) is 8.